The van der Waals surface area contributed by atoms with Gasteiger partial charge in [0.05, 0.1) is 0 Å². The third-order valence-electron chi connectivity index (χ3n) is 5.39. The number of fused-ring (bicyclic) bond motifs is 2. The predicted octanol–water partition coefficient (Wildman–Crippen LogP) is 5.34. The minimum atomic E-state index is 0.0488. The summed E-state index contributed by atoms with van der Waals surface area (Å²) in [7, 11) is 0. The van der Waals surface area contributed by atoms with Crippen LogP contribution in [0.5, 0.6) is 0 Å². The number of hydrogen-bond acceptors (Lipinski definition) is 1. The summed E-state index contributed by atoms with van der Waals surface area (Å²) in [5, 5.41) is 2.46. The summed E-state index contributed by atoms with van der Waals surface area (Å²) < 4.78 is 0. The van der Waals surface area contributed by atoms with Crippen LogP contribution in [0.15, 0.2) is 60.7 Å². The van der Waals surface area contributed by atoms with Crippen molar-refractivity contribution in [2.24, 2.45) is 0 Å². The fourth-order valence-corrected chi connectivity index (χ4v) is 3.77. The average molecular weight is 343 g/mol. The Kier molecular flexibility index (Phi) is 4.07. The van der Waals surface area contributed by atoms with Gasteiger partial charge in [-0.1, -0.05) is 75.4 Å². The van der Waals surface area contributed by atoms with Gasteiger partial charge in [0, 0.05) is 18.7 Å². The van der Waals surface area contributed by atoms with Crippen molar-refractivity contribution in [3.63, 3.8) is 0 Å². The third-order valence-corrected chi connectivity index (χ3v) is 5.39. The van der Waals surface area contributed by atoms with Crippen LogP contribution >= 0.6 is 0 Å². The van der Waals surface area contributed by atoms with Gasteiger partial charge < -0.3 is 4.90 Å². The van der Waals surface area contributed by atoms with Gasteiger partial charge in [-0.15, -0.1) is 0 Å². The Morgan fingerprint density at radius 2 is 1.73 bits per heavy atom. The largest absolute Gasteiger partial charge is 0.334 e. The maximum absolute atomic E-state index is 13.2. The van der Waals surface area contributed by atoms with Gasteiger partial charge in [-0.05, 0) is 45.4 Å². The minimum absolute atomic E-state index is 0.0488. The molecule has 0 atom stereocenters. The van der Waals surface area contributed by atoms with Crippen molar-refractivity contribution in [1.82, 2.24) is 4.90 Å². The number of benzene rings is 3. The molecule has 0 fully saturated rings. The average Bonchev–Trinajstić information content (AvgIpc) is 2.63. The number of rotatable bonds is 2. The van der Waals surface area contributed by atoms with Gasteiger partial charge in [0.2, 0.25) is 0 Å². The Labute approximate surface area is 155 Å². The first-order valence-corrected chi connectivity index (χ1v) is 9.33. The van der Waals surface area contributed by atoms with Crippen LogP contribution in [0.3, 0.4) is 0 Å². The Morgan fingerprint density at radius 1 is 0.962 bits per heavy atom. The highest BCUT2D eigenvalue weighted by Crippen LogP contribution is 2.29. The Balaban J connectivity index is 1.67. The molecule has 0 N–H and O–H groups in total. The molecule has 0 aromatic heterocycles. The molecule has 0 radical (unpaired) electrons. The molecule has 132 valence electrons. The molecule has 2 heteroatoms. The van der Waals surface area contributed by atoms with Crippen LogP contribution in [0.4, 0.5) is 0 Å². The van der Waals surface area contributed by atoms with Gasteiger partial charge in [-0.25, -0.2) is 0 Å². The van der Waals surface area contributed by atoms with E-state index in [1.165, 1.54) is 27.5 Å². The molecule has 0 aliphatic carbocycles. The summed E-state index contributed by atoms with van der Waals surface area (Å²) in [6.07, 6.45) is 0.927. The topological polar surface area (TPSA) is 20.3 Å². The van der Waals surface area contributed by atoms with E-state index in [0.717, 1.165) is 18.5 Å². The number of hydrogen-bond donors (Lipinski definition) is 0. The molecule has 1 aliphatic rings. The van der Waals surface area contributed by atoms with Gasteiger partial charge >= 0.3 is 0 Å². The molecule has 4 rings (SSSR count). The van der Waals surface area contributed by atoms with E-state index in [4.69, 9.17) is 0 Å². The lowest BCUT2D eigenvalue weighted by molar-refractivity contribution is 0.0727. The molecular weight excluding hydrogens is 318 g/mol. The van der Waals surface area contributed by atoms with Gasteiger partial charge in [0.25, 0.3) is 5.91 Å². The maximum Gasteiger partial charge on any atom is 0.254 e. The molecule has 3 aromatic carbocycles. The van der Waals surface area contributed by atoms with Crippen molar-refractivity contribution in [2.45, 2.75) is 39.2 Å². The molecular formula is C24H25NO. The fraction of sp³-hybridized carbons (Fsp3) is 0.292. The number of amides is 1. The van der Waals surface area contributed by atoms with Gasteiger partial charge in [0.1, 0.15) is 0 Å². The molecule has 1 amide bonds. The van der Waals surface area contributed by atoms with E-state index in [9.17, 15) is 4.79 Å². The Morgan fingerprint density at radius 3 is 2.54 bits per heavy atom. The summed E-state index contributed by atoms with van der Waals surface area (Å²) in [4.78, 5) is 15.2. The molecule has 1 heterocycles. The summed E-state index contributed by atoms with van der Waals surface area (Å²) in [6, 6.07) is 21.2. The van der Waals surface area contributed by atoms with Crippen LogP contribution in [-0.2, 0) is 18.4 Å². The molecule has 0 saturated carbocycles. The monoisotopic (exact) mass is 343 g/mol. The highest BCUT2D eigenvalue weighted by Gasteiger charge is 2.26. The van der Waals surface area contributed by atoms with Crippen LogP contribution in [0.2, 0.25) is 0 Å². The number of nitrogens with zero attached hydrogens (tertiary/aromatic N) is 1. The second-order valence-electron chi connectivity index (χ2n) is 8.24. The Hall–Kier alpha value is -2.61. The second-order valence-corrected chi connectivity index (χ2v) is 8.24. The van der Waals surface area contributed by atoms with Crippen molar-refractivity contribution >= 4 is 16.7 Å². The lowest BCUT2D eigenvalue weighted by Crippen LogP contribution is -2.37. The zero-order valence-corrected chi connectivity index (χ0v) is 15.8. The summed E-state index contributed by atoms with van der Waals surface area (Å²) in [5.41, 5.74) is 4.54. The minimum Gasteiger partial charge on any atom is -0.334 e. The standard InChI is InChI=1S/C24H25NO/c1-24(2,3)20-12-11-18-13-14-25(23(26)22(18)15-20)16-19-9-6-8-17-7-4-5-10-21(17)19/h4-12,15H,13-14,16H2,1-3H3. The van der Waals surface area contributed by atoms with Crippen molar-refractivity contribution in [1.29, 1.82) is 0 Å². The second kappa shape index (κ2) is 6.28. The van der Waals surface area contributed by atoms with Crippen molar-refractivity contribution in [3.8, 4) is 0 Å². The van der Waals surface area contributed by atoms with Crippen LogP contribution in [0.25, 0.3) is 10.8 Å². The first-order valence-electron chi connectivity index (χ1n) is 9.33. The van der Waals surface area contributed by atoms with Crippen molar-refractivity contribution < 1.29 is 4.79 Å². The smallest absolute Gasteiger partial charge is 0.254 e. The lowest BCUT2D eigenvalue weighted by atomic mass is 9.84. The van der Waals surface area contributed by atoms with E-state index in [1.54, 1.807) is 0 Å². The maximum atomic E-state index is 13.2. The Bertz CT molecular complexity index is 976. The quantitative estimate of drug-likeness (QED) is 0.615. The molecule has 0 unspecified atom stereocenters. The molecule has 1 aliphatic heterocycles. The zero-order chi connectivity index (χ0) is 18.3. The van der Waals surface area contributed by atoms with Crippen LogP contribution in [0, 0.1) is 0 Å². The normalized spacial score (nSPS) is 14.6. The van der Waals surface area contributed by atoms with E-state index in [-0.39, 0.29) is 11.3 Å². The van der Waals surface area contributed by atoms with Gasteiger partial charge in [0.15, 0.2) is 0 Å². The molecule has 0 saturated heterocycles. The van der Waals surface area contributed by atoms with Crippen molar-refractivity contribution in [2.75, 3.05) is 6.54 Å². The predicted molar refractivity (Wildman–Crippen MR) is 108 cm³/mol. The van der Waals surface area contributed by atoms with Gasteiger partial charge in [-0.3, -0.25) is 4.79 Å². The highest BCUT2D eigenvalue weighted by molar-refractivity contribution is 5.97. The number of carbonyl (C=O) groups excluding carboxylic acids is 1. The fourth-order valence-electron chi connectivity index (χ4n) is 3.77. The third kappa shape index (κ3) is 3.01. The first-order chi connectivity index (χ1) is 12.4. The van der Waals surface area contributed by atoms with Crippen molar-refractivity contribution in [3.05, 3.63) is 82.9 Å². The molecule has 3 aromatic rings. The molecule has 0 bridgehead atoms. The van der Waals surface area contributed by atoms with E-state index in [2.05, 4.69) is 81.4 Å². The summed E-state index contributed by atoms with van der Waals surface area (Å²) in [5.74, 6) is 0.158. The van der Waals surface area contributed by atoms with E-state index in [1.807, 2.05) is 4.90 Å². The molecule has 26 heavy (non-hydrogen) atoms. The first kappa shape index (κ1) is 16.8. The SMILES string of the molecule is CC(C)(C)c1ccc2c(c1)C(=O)N(Cc1cccc3ccccc13)CC2. The van der Waals surface area contributed by atoms with Crippen LogP contribution < -0.4 is 0 Å². The van der Waals surface area contributed by atoms with E-state index < -0.39 is 0 Å². The number of carbonyl (C=O) groups is 1. The molecule has 0 spiro atoms. The van der Waals surface area contributed by atoms with Gasteiger partial charge in [-0.2, -0.15) is 0 Å². The van der Waals surface area contributed by atoms with Crippen LogP contribution in [0.1, 0.15) is 47.8 Å². The summed E-state index contributed by atoms with van der Waals surface area (Å²) >= 11 is 0. The zero-order valence-electron chi connectivity index (χ0n) is 15.8. The summed E-state index contributed by atoms with van der Waals surface area (Å²) in [6.45, 7) is 8.02. The lowest BCUT2D eigenvalue weighted by Gasteiger charge is -2.30. The highest BCUT2D eigenvalue weighted by atomic mass is 16.2. The van der Waals surface area contributed by atoms with E-state index in [0.29, 0.717) is 6.54 Å². The van der Waals surface area contributed by atoms with Crippen LogP contribution in [-0.4, -0.2) is 17.4 Å². The molecule has 2 nitrogen and oxygen atoms in total. The van der Waals surface area contributed by atoms with E-state index >= 15 is 0 Å².